The van der Waals surface area contributed by atoms with Crippen LogP contribution < -0.4 is 5.73 Å². The zero-order valence-electron chi connectivity index (χ0n) is 10.9. The van der Waals surface area contributed by atoms with Crippen molar-refractivity contribution in [2.45, 2.75) is 32.4 Å². The van der Waals surface area contributed by atoms with Gasteiger partial charge in [-0.15, -0.1) is 0 Å². The van der Waals surface area contributed by atoms with Gasteiger partial charge in [0.1, 0.15) is 5.76 Å². The van der Waals surface area contributed by atoms with Gasteiger partial charge in [-0.25, -0.2) is 4.79 Å². The lowest BCUT2D eigenvalue weighted by atomic mass is 10.1. The highest BCUT2D eigenvalue weighted by Crippen LogP contribution is 2.19. The molecule has 5 nitrogen and oxygen atoms in total. The van der Waals surface area contributed by atoms with E-state index < -0.39 is 5.97 Å². The zero-order valence-corrected chi connectivity index (χ0v) is 10.9. The normalized spacial score (nSPS) is 17.9. The Kier molecular flexibility index (Phi) is 4.04. The lowest BCUT2D eigenvalue weighted by molar-refractivity contribution is 0.0559. The number of nitrogens with zero attached hydrogens (tertiary/aromatic N) is 1. The summed E-state index contributed by atoms with van der Waals surface area (Å²) in [5, 5.41) is 0. The van der Waals surface area contributed by atoms with Crippen molar-refractivity contribution < 1.29 is 13.9 Å². The number of likely N-dealkylation sites (tertiary alicyclic amines) is 1. The summed E-state index contributed by atoms with van der Waals surface area (Å²) in [6.07, 6.45) is 2.03. The smallest absolute Gasteiger partial charge is 0.374 e. The fraction of sp³-hybridized carbons (Fsp3) is 0.615. The van der Waals surface area contributed by atoms with E-state index >= 15 is 0 Å². The van der Waals surface area contributed by atoms with Crippen LogP contribution in [0.4, 0.5) is 0 Å². The van der Waals surface area contributed by atoms with E-state index in [4.69, 9.17) is 10.2 Å². The molecule has 0 aromatic carbocycles. The standard InChI is InChI=1S/C13H20N2O3/c1-9-7-11(18-12(9)13(16)17-2)8-15-5-3-10(14)4-6-15/h7,10H,3-6,8,14H2,1-2H3. The average molecular weight is 252 g/mol. The number of nitrogens with two attached hydrogens (primary N) is 1. The number of piperidine rings is 1. The van der Waals surface area contributed by atoms with Crippen LogP contribution >= 0.6 is 0 Å². The van der Waals surface area contributed by atoms with Crippen LogP contribution in [0.15, 0.2) is 10.5 Å². The maximum Gasteiger partial charge on any atom is 0.374 e. The van der Waals surface area contributed by atoms with Crippen LogP contribution in [0, 0.1) is 6.92 Å². The van der Waals surface area contributed by atoms with E-state index in [1.807, 2.05) is 13.0 Å². The summed E-state index contributed by atoms with van der Waals surface area (Å²) < 4.78 is 10.2. The Morgan fingerprint density at radius 3 is 2.83 bits per heavy atom. The predicted octanol–water partition coefficient (Wildman–Crippen LogP) is 1.30. The number of ether oxygens (including phenoxy) is 1. The molecule has 2 N–H and O–H groups in total. The van der Waals surface area contributed by atoms with Crippen molar-refractivity contribution in [1.82, 2.24) is 4.90 Å². The molecule has 2 rings (SSSR count). The van der Waals surface area contributed by atoms with Gasteiger partial charge in [0, 0.05) is 24.7 Å². The molecule has 18 heavy (non-hydrogen) atoms. The van der Waals surface area contributed by atoms with Crippen molar-refractivity contribution in [2.75, 3.05) is 20.2 Å². The van der Waals surface area contributed by atoms with E-state index in [0.717, 1.165) is 43.8 Å². The van der Waals surface area contributed by atoms with Gasteiger partial charge in [0.15, 0.2) is 0 Å². The van der Waals surface area contributed by atoms with E-state index in [1.54, 1.807) is 0 Å². The highest BCUT2D eigenvalue weighted by atomic mass is 16.5. The molecular weight excluding hydrogens is 232 g/mol. The maximum atomic E-state index is 11.4. The zero-order chi connectivity index (χ0) is 13.1. The Morgan fingerprint density at radius 2 is 2.22 bits per heavy atom. The van der Waals surface area contributed by atoms with E-state index in [0.29, 0.717) is 11.8 Å². The Bertz CT molecular complexity index is 420. The number of esters is 1. The summed E-state index contributed by atoms with van der Waals surface area (Å²) in [6, 6.07) is 2.23. The Balaban J connectivity index is 2.00. The molecule has 0 atom stereocenters. The summed E-state index contributed by atoms with van der Waals surface area (Å²) >= 11 is 0. The molecule has 2 heterocycles. The van der Waals surface area contributed by atoms with Gasteiger partial charge in [-0.05, 0) is 25.8 Å². The van der Waals surface area contributed by atoms with E-state index in [2.05, 4.69) is 9.64 Å². The molecule has 100 valence electrons. The first-order valence-corrected chi connectivity index (χ1v) is 6.25. The maximum absolute atomic E-state index is 11.4. The monoisotopic (exact) mass is 252 g/mol. The number of methoxy groups -OCH3 is 1. The third kappa shape index (κ3) is 2.91. The molecule has 0 aliphatic carbocycles. The first-order valence-electron chi connectivity index (χ1n) is 6.25. The Hall–Kier alpha value is -1.33. The number of furan rings is 1. The van der Waals surface area contributed by atoms with Crippen molar-refractivity contribution in [2.24, 2.45) is 5.73 Å². The molecule has 1 aliphatic rings. The van der Waals surface area contributed by atoms with E-state index in [-0.39, 0.29) is 0 Å². The lowest BCUT2D eigenvalue weighted by Crippen LogP contribution is -2.39. The molecule has 0 spiro atoms. The second kappa shape index (κ2) is 5.54. The molecule has 1 saturated heterocycles. The van der Waals surface area contributed by atoms with E-state index in [1.165, 1.54) is 7.11 Å². The van der Waals surface area contributed by atoms with E-state index in [9.17, 15) is 4.79 Å². The molecule has 0 unspecified atom stereocenters. The average Bonchev–Trinajstić information content (AvgIpc) is 2.72. The number of aryl methyl sites for hydroxylation is 1. The van der Waals surface area contributed by atoms with Crippen molar-refractivity contribution in [3.8, 4) is 0 Å². The molecule has 1 aromatic rings. The van der Waals surface area contributed by atoms with Crippen LogP contribution in [0.25, 0.3) is 0 Å². The van der Waals surface area contributed by atoms with Crippen molar-refractivity contribution in [3.63, 3.8) is 0 Å². The molecule has 0 saturated carbocycles. The summed E-state index contributed by atoms with van der Waals surface area (Å²) in [5.74, 6) is 0.698. The number of carbonyl (C=O) groups excluding carboxylic acids is 1. The number of rotatable bonds is 3. The SMILES string of the molecule is COC(=O)c1oc(CN2CCC(N)CC2)cc1C. The minimum absolute atomic E-state index is 0.307. The molecule has 1 aromatic heterocycles. The first-order chi connectivity index (χ1) is 8.60. The van der Waals surface area contributed by atoms with Gasteiger partial charge < -0.3 is 14.9 Å². The van der Waals surface area contributed by atoms with Crippen LogP contribution in [0.1, 0.15) is 34.7 Å². The summed E-state index contributed by atoms with van der Waals surface area (Å²) in [6.45, 7) is 4.54. The lowest BCUT2D eigenvalue weighted by Gasteiger charge is -2.29. The third-order valence-corrected chi connectivity index (χ3v) is 3.35. The molecule has 0 amide bonds. The highest BCUT2D eigenvalue weighted by Gasteiger charge is 2.20. The van der Waals surface area contributed by atoms with Crippen LogP contribution in [-0.2, 0) is 11.3 Å². The minimum Gasteiger partial charge on any atom is -0.463 e. The highest BCUT2D eigenvalue weighted by molar-refractivity contribution is 5.87. The second-order valence-corrected chi connectivity index (χ2v) is 4.83. The first kappa shape index (κ1) is 13.1. The van der Waals surface area contributed by atoms with Crippen molar-refractivity contribution in [3.05, 3.63) is 23.2 Å². The molecule has 1 aliphatic heterocycles. The van der Waals surface area contributed by atoms with Crippen LogP contribution in [-0.4, -0.2) is 37.1 Å². The quantitative estimate of drug-likeness (QED) is 0.821. The fourth-order valence-corrected chi connectivity index (χ4v) is 2.25. The Labute approximate surface area is 107 Å². The number of carbonyl (C=O) groups is 1. The molecule has 0 radical (unpaired) electrons. The van der Waals surface area contributed by atoms with Crippen LogP contribution in [0.2, 0.25) is 0 Å². The Morgan fingerprint density at radius 1 is 1.56 bits per heavy atom. The molecule has 0 bridgehead atoms. The van der Waals surface area contributed by atoms with Gasteiger partial charge in [-0.3, -0.25) is 4.90 Å². The summed E-state index contributed by atoms with van der Waals surface area (Å²) in [5.41, 5.74) is 6.69. The molecular formula is C13H20N2O3. The van der Waals surface area contributed by atoms with Gasteiger partial charge in [0.2, 0.25) is 5.76 Å². The number of hydrogen-bond donors (Lipinski definition) is 1. The predicted molar refractivity (Wildman–Crippen MR) is 67.3 cm³/mol. The van der Waals surface area contributed by atoms with Gasteiger partial charge in [0.05, 0.1) is 13.7 Å². The fourth-order valence-electron chi connectivity index (χ4n) is 2.25. The van der Waals surface area contributed by atoms with Crippen LogP contribution in [0.5, 0.6) is 0 Å². The minimum atomic E-state index is -0.417. The summed E-state index contributed by atoms with van der Waals surface area (Å²) in [4.78, 5) is 13.7. The van der Waals surface area contributed by atoms with Crippen LogP contribution in [0.3, 0.4) is 0 Å². The van der Waals surface area contributed by atoms with Gasteiger partial charge >= 0.3 is 5.97 Å². The van der Waals surface area contributed by atoms with Gasteiger partial charge in [0.25, 0.3) is 0 Å². The second-order valence-electron chi connectivity index (χ2n) is 4.83. The topological polar surface area (TPSA) is 68.7 Å². The van der Waals surface area contributed by atoms with Gasteiger partial charge in [-0.2, -0.15) is 0 Å². The van der Waals surface area contributed by atoms with Gasteiger partial charge in [-0.1, -0.05) is 0 Å². The summed E-state index contributed by atoms with van der Waals surface area (Å²) in [7, 11) is 1.36. The van der Waals surface area contributed by atoms with Crippen molar-refractivity contribution >= 4 is 5.97 Å². The van der Waals surface area contributed by atoms with Crippen molar-refractivity contribution in [1.29, 1.82) is 0 Å². The third-order valence-electron chi connectivity index (χ3n) is 3.35. The number of hydrogen-bond acceptors (Lipinski definition) is 5. The molecule has 1 fully saturated rings. The largest absolute Gasteiger partial charge is 0.463 e. The molecule has 5 heteroatoms.